The SMILES string of the molecule is c1ccc(-c2ccc3c(c2)c2ccccc2n3-c2ccc3oc4cnc(-c5ccccc5-n5c6ccccc6c6ccccc65)nc4c3c2)cc1. The van der Waals surface area contributed by atoms with Crippen molar-refractivity contribution in [3.8, 4) is 33.9 Å². The Hall–Kier alpha value is -6.98. The summed E-state index contributed by atoms with van der Waals surface area (Å²) in [6.45, 7) is 0. The molecule has 0 amide bonds. The molecule has 5 nitrogen and oxygen atoms in total. The Morgan fingerprint density at radius 3 is 1.82 bits per heavy atom. The number of benzene rings is 7. The fourth-order valence-electron chi connectivity index (χ4n) is 7.92. The van der Waals surface area contributed by atoms with Crippen molar-refractivity contribution in [2.24, 2.45) is 0 Å². The third-order valence-electron chi connectivity index (χ3n) is 10.2. The summed E-state index contributed by atoms with van der Waals surface area (Å²) >= 11 is 0. The van der Waals surface area contributed by atoms with Crippen LogP contribution < -0.4 is 0 Å². The zero-order valence-electron chi connectivity index (χ0n) is 27.4. The van der Waals surface area contributed by atoms with Crippen molar-refractivity contribution in [3.05, 3.63) is 170 Å². The second kappa shape index (κ2) is 10.8. The largest absolute Gasteiger partial charge is 0.453 e. The van der Waals surface area contributed by atoms with E-state index in [9.17, 15) is 0 Å². The maximum Gasteiger partial charge on any atom is 0.172 e. The van der Waals surface area contributed by atoms with Gasteiger partial charge in [-0.3, -0.25) is 0 Å². The van der Waals surface area contributed by atoms with Crippen LogP contribution in [0.5, 0.6) is 0 Å². The highest BCUT2D eigenvalue weighted by Gasteiger charge is 2.19. The number of fused-ring (bicyclic) bond motifs is 9. The highest BCUT2D eigenvalue weighted by molar-refractivity contribution is 6.12. The molecule has 0 aliphatic rings. The van der Waals surface area contributed by atoms with E-state index in [1.54, 1.807) is 0 Å². The first-order chi connectivity index (χ1) is 25.3. The molecule has 11 aromatic rings. The molecule has 0 fully saturated rings. The third-order valence-corrected chi connectivity index (χ3v) is 10.2. The summed E-state index contributed by atoms with van der Waals surface area (Å²) in [5.41, 5.74) is 12.3. The fraction of sp³-hybridized carbons (Fsp3) is 0. The third kappa shape index (κ3) is 4.15. The van der Waals surface area contributed by atoms with E-state index in [1.165, 1.54) is 32.7 Å². The molecule has 0 aliphatic carbocycles. The van der Waals surface area contributed by atoms with Crippen LogP contribution in [0.3, 0.4) is 0 Å². The molecule has 11 rings (SSSR count). The predicted molar refractivity (Wildman–Crippen MR) is 209 cm³/mol. The fourth-order valence-corrected chi connectivity index (χ4v) is 7.92. The molecular formula is C46H28N4O. The first-order valence-electron chi connectivity index (χ1n) is 17.2. The van der Waals surface area contributed by atoms with Gasteiger partial charge in [0.15, 0.2) is 11.4 Å². The lowest BCUT2D eigenvalue weighted by molar-refractivity contribution is 0.666. The smallest absolute Gasteiger partial charge is 0.172 e. The van der Waals surface area contributed by atoms with Crippen LogP contribution in [-0.2, 0) is 0 Å². The molecule has 0 bridgehead atoms. The molecule has 51 heavy (non-hydrogen) atoms. The molecule has 4 aromatic heterocycles. The van der Waals surface area contributed by atoms with Crippen molar-refractivity contribution in [1.29, 1.82) is 0 Å². The molecule has 4 heterocycles. The standard InChI is InChI=1S/C46H28N4O/c1-2-12-29(13-3-1)30-22-24-42-36(26-30)34-16-6-8-18-38(34)49(42)31-23-25-43-37(27-31)45-44(51-43)28-47-46(48-45)35-17-7-11-21-41(35)50-39-19-9-4-14-32(39)33-15-5-10-20-40(33)50/h1-28H. The van der Waals surface area contributed by atoms with Crippen LogP contribution in [0.4, 0.5) is 0 Å². The minimum Gasteiger partial charge on any atom is -0.453 e. The number of para-hydroxylation sites is 4. The number of aromatic nitrogens is 4. The Balaban J connectivity index is 1.10. The lowest BCUT2D eigenvalue weighted by Crippen LogP contribution is -1.99. The summed E-state index contributed by atoms with van der Waals surface area (Å²) in [6.07, 6.45) is 1.81. The summed E-state index contributed by atoms with van der Waals surface area (Å²) in [5, 5.41) is 5.82. The molecule has 0 atom stereocenters. The van der Waals surface area contributed by atoms with Crippen LogP contribution in [0.15, 0.2) is 174 Å². The molecule has 0 spiro atoms. The lowest BCUT2D eigenvalue weighted by atomic mass is 10.0. The van der Waals surface area contributed by atoms with Gasteiger partial charge in [0.2, 0.25) is 0 Å². The van der Waals surface area contributed by atoms with Gasteiger partial charge < -0.3 is 13.6 Å². The Labute approximate surface area is 292 Å². The zero-order valence-corrected chi connectivity index (χ0v) is 27.4. The maximum atomic E-state index is 6.33. The number of hydrogen-bond acceptors (Lipinski definition) is 3. The van der Waals surface area contributed by atoms with Gasteiger partial charge in [0.1, 0.15) is 11.1 Å². The first-order valence-corrected chi connectivity index (χ1v) is 17.2. The minimum absolute atomic E-state index is 0.651. The number of furan rings is 1. The number of hydrogen-bond donors (Lipinski definition) is 0. The summed E-state index contributed by atoms with van der Waals surface area (Å²) < 4.78 is 11.0. The monoisotopic (exact) mass is 652 g/mol. The van der Waals surface area contributed by atoms with Crippen molar-refractivity contribution >= 4 is 65.7 Å². The highest BCUT2D eigenvalue weighted by Crippen LogP contribution is 2.39. The van der Waals surface area contributed by atoms with Crippen molar-refractivity contribution < 1.29 is 4.42 Å². The molecule has 0 unspecified atom stereocenters. The van der Waals surface area contributed by atoms with Crippen molar-refractivity contribution in [2.75, 3.05) is 0 Å². The maximum absolute atomic E-state index is 6.33. The molecule has 0 radical (unpaired) electrons. The van der Waals surface area contributed by atoms with E-state index in [4.69, 9.17) is 14.4 Å². The van der Waals surface area contributed by atoms with E-state index >= 15 is 0 Å². The van der Waals surface area contributed by atoms with Crippen LogP contribution in [0.2, 0.25) is 0 Å². The average molecular weight is 653 g/mol. The second-order valence-electron chi connectivity index (χ2n) is 13.0. The lowest BCUT2D eigenvalue weighted by Gasteiger charge is -2.13. The average Bonchev–Trinajstić information content (AvgIpc) is 3.85. The summed E-state index contributed by atoms with van der Waals surface area (Å²) in [5.74, 6) is 0.651. The molecule has 0 N–H and O–H groups in total. The zero-order chi connectivity index (χ0) is 33.5. The van der Waals surface area contributed by atoms with Gasteiger partial charge >= 0.3 is 0 Å². The van der Waals surface area contributed by atoms with Gasteiger partial charge in [-0.15, -0.1) is 0 Å². The summed E-state index contributed by atoms with van der Waals surface area (Å²) in [4.78, 5) is 10.1. The van der Waals surface area contributed by atoms with Crippen LogP contribution in [0.1, 0.15) is 0 Å². The van der Waals surface area contributed by atoms with Gasteiger partial charge in [-0.1, -0.05) is 103 Å². The van der Waals surface area contributed by atoms with E-state index in [0.29, 0.717) is 11.4 Å². The van der Waals surface area contributed by atoms with Crippen LogP contribution >= 0.6 is 0 Å². The Kier molecular flexibility index (Phi) is 5.89. The predicted octanol–water partition coefficient (Wildman–Crippen LogP) is 11.9. The minimum atomic E-state index is 0.651. The van der Waals surface area contributed by atoms with Gasteiger partial charge in [0.05, 0.1) is 34.0 Å². The van der Waals surface area contributed by atoms with E-state index in [2.05, 4.69) is 173 Å². The molecule has 0 saturated carbocycles. The summed E-state index contributed by atoms with van der Waals surface area (Å²) in [7, 11) is 0. The normalized spacial score (nSPS) is 11.9. The van der Waals surface area contributed by atoms with E-state index in [-0.39, 0.29) is 0 Å². The molecule has 5 heteroatoms. The van der Waals surface area contributed by atoms with Crippen LogP contribution in [0, 0.1) is 0 Å². The molecular weight excluding hydrogens is 625 g/mol. The van der Waals surface area contributed by atoms with Crippen LogP contribution in [-0.4, -0.2) is 19.1 Å². The van der Waals surface area contributed by atoms with Crippen molar-refractivity contribution in [3.63, 3.8) is 0 Å². The van der Waals surface area contributed by atoms with Gasteiger partial charge in [-0.2, -0.15) is 0 Å². The van der Waals surface area contributed by atoms with Gasteiger partial charge in [0, 0.05) is 38.2 Å². The van der Waals surface area contributed by atoms with Crippen LogP contribution in [0.25, 0.3) is 99.6 Å². The van der Waals surface area contributed by atoms with E-state index < -0.39 is 0 Å². The Bertz CT molecular complexity index is 3090. The molecule has 238 valence electrons. The summed E-state index contributed by atoms with van der Waals surface area (Å²) in [6, 6.07) is 57.8. The highest BCUT2D eigenvalue weighted by atomic mass is 16.3. The van der Waals surface area contributed by atoms with Gasteiger partial charge in [-0.05, 0) is 71.8 Å². The molecule has 0 saturated heterocycles. The number of nitrogens with zero attached hydrogens (tertiary/aromatic N) is 4. The van der Waals surface area contributed by atoms with Crippen molar-refractivity contribution in [1.82, 2.24) is 19.1 Å². The van der Waals surface area contributed by atoms with E-state index in [1.807, 2.05) is 6.20 Å². The van der Waals surface area contributed by atoms with E-state index in [0.717, 1.165) is 55.5 Å². The molecule has 0 aliphatic heterocycles. The quantitative estimate of drug-likeness (QED) is 0.190. The Morgan fingerprint density at radius 1 is 0.431 bits per heavy atom. The molecule has 7 aromatic carbocycles. The van der Waals surface area contributed by atoms with Gasteiger partial charge in [0.25, 0.3) is 0 Å². The topological polar surface area (TPSA) is 48.8 Å². The second-order valence-corrected chi connectivity index (χ2v) is 13.0. The number of rotatable bonds is 4. The first kappa shape index (κ1) is 27.9. The van der Waals surface area contributed by atoms with Gasteiger partial charge in [-0.25, -0.2) is 9.97 Å². The van der Waals surface area contributed by atoms with Crippen molar-refractivity contribution in [2.45, 2.75) is 0 Å². The Morgan fingerprint density at radius 2 is 1.06 bits per heavy atom.